The van der Waals surface area contributed by atoms with Crippen molar-refractivity contribution in [2.75, 3.05) is 0 Å². The van der Waals surface area contributed by atoms with Crippen molar-refractivity contribution in [3.05, 3.63) is 17.5 Å². The van der Waals surface area contributed by atoms with E-state index in [0.29, 0.717) is 0 Å². The first-order valence-corrected chi connectivity index (χ1v) is 5.00. The van der Waals surface area contributed by atoms with Gasteiger partial charge in [0.2, 0.25) is 0 Å². The van der Waals surface area contributed by atoms with Crippen LogP contribution in [0.4, 0.5) is 13.2 Å². The predicted molar refractivity (Wildman–Crippen MR) is 54.9 cm³/mol. The fourth-order valence-corrected chi connectivity index (χ4v) is 1.63. The molecule has 8 heteroatoms. The maximum atomic E-state index is 12.8. The van der Waals surface area contributed by atoms with E-state index in [1.807, 2.05) is 0 Å². The summed E-state index contributed by atoms with van der Waals surface area (Å²) in [6.45, 7) is 2.44. The van der Waals surface area contributed by atoms with E-state index >= 15 is 0 Å². The smallest absolute Gasteiger partial charge is 0.435 e. The Morgan fingerprint density at radius 1 is 1.44 bits per heavy atom. The van der Waals surface area contributed by atoms with E-state index in [1.54, 1.807) is 0 Å². The van der Waals surface area contributed by atoms with Gasteiger partial charge in [-0.3, -0.25) is 4.68 Å². The van der Waals surface area contributed by atoms with Crippen molar-refractivity contribution in [1.29, 1.82) is 0 Å². The highest BCUT2D eigenvalue weighted by atomic mass is 19.4. The molecule has 0 spiro atoms. The van der Waals surface area contributed by atoms with Gasteiger partial charge in [-0.15, -0.1) is 0 Å². The highest BCUT2D eigenvalue weighted by Gasteiger charge is 2.45. The molecule has 5 nitrogen and oxygen atoms in total. The van der Waals surface area contributed by atoms with Crippen LogP contribution in [0.25, 0.3) is 0 Å². The van der Waals surface area contributed by atoms with Crippen molar-refractivity contribution >= 4 is 5.97 Å². The molecule has 0 aliphatic rings. The number of hydrogen-bond donors (Lipinski definition) is 2. The SMILES string of the molecule is Cn1cc(C(C)(C)C(O)C(=O)O)c(C(F)(F)F)n1. The molecule has 102 valence electrons. The average molecular weight is 266 g/mol. The molecule has 18 heavy (non-hydrogen) atoms. The zero-order valence-corrected chi connectivity index (χ0v) is 9.99. The summed E-state index contributed by atoms with van der Waals surface area (Å²) < 4.78 is 39.2. The number of aromatic nitrogens is 2. The summed E-state index contributed by atoms with van der Waals surface area (Å²) in [5.41, 5.74) is -3.15. The third kappa shape index (κ3) is 2.47. The van der Waals surface area contributed by atoms with Gasteiger partial charge in [-0.2, -0.15) is 18.3 Å². The van der Waals surface area contributed by atoms with Crippen molar-refractivity contribution < 1.29 is 28.2 Å². The predicted octanol–water partition coefficient (Wildman–Crippen LogP) is 1.16. The zero-order valence-electron chi connectivity index (χ0n) is 9.99. The van der Waals surface area contributed by atoms with Crippen LogP contribution in [0, 0.1) is 0 Å². The Balaban J connectivity index is 3.37. The standard InChI is InChI=1S/C10H13F3N2O3/c1-9(2,7(16)8(17)18)5-4-15(3)14-6(5)10(11,12)13/h4,7,16H,1-3H3,(H,17,18). The van der Waals surface area contributed by atoms with Crippen LogP contribution < -0.4 is 0 Å². The number of aliphatic hydroxyl groups excluding tert-OH is 1. The topological polar surface area (TPSA) is 75.4 Å². The van der Waals surface area contributed by atoms with E-state index in [9.17, 15) is 23.1 Å². The number of alkyl halides is 3. The maximum absolute atomic E-state index is 12.8. The second kappa shape index (κ2) is 4.27. The summed E-state index contributed by atoms with van der Waals surface area (Å²) >= 11 is 0. The van der Waals surface area contributed by atoms with Gasteiger partial charge in [-0.05, 0) is 0 Å². The molecule has 2 N–H and O–H groups in total. The number of nitrogens with zero attached hydrogens (tertiary/aromatic N) is 2. The summed E-state index contributed by atoms with van der Waals surface area (Å²) in [4.78, 5) is 10.7. The number of aliphatic hydroxyl groups is 1. The van der Waals surface area contributed by atoms with Crippen molar-refractivity contribution in [3.63, 3.8) is 0 Å². The Bertz CT molecular complexity index is 465. The number of carboxylic acids is 1. The highest BCUT2D eigenvalue weighted by Crippen LogP contribution is 2.38. The summed E-state index contributed by atoms with van der Waals surface area (Å²) in [6.07, 6.45) is -5.59. The maximum Gasteiger partial charge on any atom is 0.435 e. The number of carbonyl (C=O) groups is 1. The summed E-state index contributed by atoms with van der Waals surface area (Å²) in [6, 6.07) is 0. The molecule has 1 aromatic rings. The minimum atomic E-state index is -4.70. The lowest BCUT2D eigenvalue weighted by molar-refractivity contribution is -0.152. The summed E-state index contributed by atoms with van der Waals surface area (Å²) in [5.74, 6) is -1.59. The van der Waals surface area contributed by atoms with Crippen LogP contribution >= 0.6 is 0 Å². The largest absolute Gasteiger partial charge is 0.479 e. The number of hydrogen-bond acceptors (Lipinski definition) is 3. The molecule has 0 aliphatic carbocycles. The third-order valence-corrected chi connectivity index (χ3v) is 2.71. The normalized spacial score (nSPS) is 14.6. The molecular weight excluding hydrogens is 253 g/mol. The Morgan fingerprint density at radius 2 is 1.94 bits per heavy atom. The second-order valence-electron chi connectivity index (χ2n) is 4.53. The van der Waals surface area contributed by atoms with Crippen LogP contribution in [-0.4, -0.2) is 32.1 Å². The molecule has 0 aromatic carbocycles. The fraction of sp³-hybridized carbons (Fsp3) is 0.600. The van der Waals surface area contributed by atoms with Gasteiger partial charge < -0.3 is 10.2 Å². The van der Waals surface area contributed by atoms with Gasteiger partial charge in [0.15, 0.2) is 11.8 Å². The fourth-order valence-electron chi connectivity index (χ4n) is 1.63. The van der Waals surface area contributed by atoms with Gasteiger partial charge in [0.25, 0.3) is 0 Å². The summed E-state index contributed by atoms with van der Waals surface area (Å²) in [7, 11) is 1.29. The lowest BCUT2D eigenvalue weighted by Gasteiger charge is -2.27. The molecular formula is C10H13F3N2O3. The first kappa shape index (κ1) is 14.5. The van der Waals surface area contributed by atoms with E-state index in [2.05, 4.69) is 5.10 Å². The lowest BCUT2D eigenvalue weighted by atomic mass is 9.79. The Kier molecular flexibility index (Phi) is 3.44. The van der Waals surface area contributed by atoms with Crippen LogP contribution in [0.1, 0.15) is 25.1 Å². The molecule has 1 heterocycles. The van der Waals surface area contributed by atoms with Crippen molar-refractivity contribution in [3.8, 4) is 0 Å². The van der Waals surface area contributed by atoms with Crippen LogP contribution in [0.3, 0.4) is 0 Å². The Morgan fingerprint density at radius 3 is 2.33 bits per heavy atom. The van der Waals surface area contributed by atoms with Crippen LogP contribution in [0.15, 0.2) is 6.20 Å². The molecule has 1 aromatic heterocycles. The van der Waals surface area contributed by atoms with Crippen LogP contribution in [0.2, 0.25) is 0 Å². The van der Waals surface area contributed by atoms with Gasteiger partial charge in [-0.25, -0.2) is 4.79 Å². The molecule has 1 rings (SSSR count). The first-order valence-electron chi connectivity index (χ1n) is 5.00. The van der Waals surface area contributed by atoms with Crippen molar-refractivity contribution in [2.24, 2.45) is 7.05 Å². The molecule has 0 saturated heterocycles. The first-order chi connectivity index (χ1) is 7.98. The molecule has 0 radical (unpaired) electrons. The van der Waals surface area contributed by atoms with Crippen LogP contribution in [-0.2, 0) is 23.4 Å². The van der Waals surface area contributed by atoms with Gasteiger partial charge in [-0.1, -0.05) is 13.8 Å². The van der Waals surface area contributed by atoms with E-state index in [1.165, 1.54) is 20.9 Å². The van der Waals surface area contributed by atoms with Crippen molar-refractivity contribution in [2.45, 2.75) is 31.5 Å². The van der Waals surface area contributed by atoms with Crippen LogP contribution in [0.5, 0.6) is 0 Å². The van der Waals surface area contributed by atoms with E-state index < -0.39 is 29.4 Å². The minimum Gasteiger partial charge on any atom is -0.479 e. The van der Waals surface area contributed by atoms with E-state index in [4.69, 9.17) is 5.11 Å². The molecule has 0 saturated carbocycles. The van der Waals surface area contributed by atoms with Gasteiger partial charge in [0.1, 0.15) is 0 Å². The monoisotopic (exact) mass is 266 g/mol. The average Bonchev–Trinajstić information content (AvgIpc) is 2.59. The molecule has 1 atom stereocenters. The van der Waals surface area contributed by atoms with E-state index in [-0.39, 0.29) is 5.56 Å². The molecule has 0 fully saturated rings. The zero-order chi connectivity index (χ0) is 14.3. The molecule has 0 aliphatic heterocycles. The second-order valence-corrected chi connectivity index (χ2v) is 4.53. The van der Waals surface area contributed by atoms with E-state index in [0.717, 1.165) is 10.9 Å². The molecule has 0 amide bonds. The number of halogens is 3. The van der Waals surface area contributed by atoms with Gasteiger partial charge in [0.05, 0.1) is 0 Å². The number of rotatable bonds is 3. The van der Waals surface area contributed by atoms with Gasteiger partial charge >= 0.3 is 12.1 Å². The quantitative estimate of drug-likeness (QED) is 0.861. The number of aliphatic carboxylic acids is 1. The number of aryl methyl sites for hydroxylation is 1. The minimum absolute atomic E-state index is 0.354. The van der Waals surface area contributed by atoms with Gasteiger partial charge in [0, 0.05) is 24.2 Å². The highest BCUT2D eigenvalue weighted by molar-refractivity contribution is 5.74. The third-order valence-electron chi connectivity index (χ3n) is 2.71. The summed E-state index contributed by atoms with van der Waals surface area (Å²) in [5, 5.41) is 21.5. The number of carboxylic acid groups (broad SMARTS) is 1. The molecule has 1 unspecified atom stereocenters. The Labute approximate surface area is 101 Å². The Hall–Kier alpha value is -1.57. The molecule has 0 bridgehead atoms. The van der Waals surface area contributed by atoms with Crippen molar-refractivity contribution in [1.82, 2.24) is 9.78 Å². The lowest BCUT2D eigenvalue weighted by Crippen LogP contribution is -2.40.